The van der Waals surface area contributed by atoms with Crippen LogP contribution in [0.4, 0.5) is 5.69 Å². The van der Waals surface area contributed by atoms with E-state index in [1.165, 1.54) is 7.11 Å². The number of esters is 1. The van der Waals surface area contributed by atoms with E-state index in [1.54, 1.807) is 0 Å². The molecule has 0 heterocycles. The number of anilines is 1. The molecule has 3 fully saturated rings. The van der Waals surface area contributed by atoms with Crippen LogP contribution in [-0.4, -0.2) is 19.0 Å². The molecule has 3 aliphatic carbocycles. The maximum Gasteiger partial charge on any atom is 0.311 e. The van der Waals surface area contributed by atoms with Crippen molar-refractivity contribution in [1.29, 1.82) is 0 Å². The Labute approximate surface area is 138 Å². The van der Waals surface area contributed by atoms with E-state index >= 15 is 0 Å². The molecule has 0 spiro atoms. The molecule has 4 nitrogen and oxygen atoms in total. The number of methoxy groups -OCH3 is 1. The van der Waals surface area contributed by atoms with E-state index in [0.717, 1.165) is 48.7 Å². The van der Waals surface area contributed by atoms with Crippen LogP contribution < -0.4 is 5.32 Å². The quantitative estimate of drug-likeness (QED) is 0.826. The van der Waals surface area contributed by atoms with Gasteiger partial charge in [-0.05, 0) is 62.8 Å². The van der Waals surface area contributed by atoms with Crippen molar-refractivity contribution in [1.82, 2.24) is 0 Å². The number of ether oxygens (including phenoxy) is 1. The van der Waals surface area contributed by atoms with E-state index < -0.39 is 0 Å². The number of nitrogens with one attached hydrogen (secondary N) is 1. The van der Waals surface area contributed by atoms with Crippen molar-refractivity contribution in [2.24, 2.45) is 10.8 Å². The van der Waals surface area contributed by atoms with Crippen LogP contribution >= 0.6 is 15.9 Å². The highest BCUT2D eigenvalue weighted by atomic mass is 79.9. The summed E-state index contributed by atoms with van der Waals surface area (Å²) in [5.74, 6) is -0.0119. The van der Waals surface area contributed by atoms with Gasteiger partial charge in [0.15, 0.2) is 0 Å². The molecule has 3 saturated carbocycles. The molecule has 1 N–H and O–H groups in total. The van der Waals surface area contributed by atoms with Gasteiger partial charge in [-0.25, -0.2) is 0 Å². The summed E-state index contributed by atoms with van der Waals surface area (Å²) in [4.78, 5) is 24.7. The Morgan fingerprint density at radius 2 is 1.50 bits per heavy atom. The van der Waals surface area contributed by atoms with Crippen molar-refractivity contribution >= 4 is 33.5 Å². The van der Waals surface area contributed by atoms with Gasteiger partial charge in [-0.2, -0.15) is 0 Å². The highest BCUT2D eigenvalue weighted by Crippen LogP contribution is 2.57. The third kappa shape index (κ3) is 2.56. The van der Waals surface area contributed by atoms with Crippen molar-refractivity contribution in [2.45, 2.75) is 38.5 Å². The van der Waals surface area contributed by atoms with Crippen LogP contribution in [0.5, 0.6) is 0 Å². The molecule has 1 aromatic rings. The Hall–Kier alpha value is -1.36. The largest absolute Gasteiger partial charge is 0.469 e. The molecule has 0 saturated heterocycles. The van der Waals surface area contributed by atoms with Gasteiger partial charge in [0.2, 0.25) is 5.91 Å². The second-order valence-electron chi connectivity index (χ2n) is 6.51. The van der Waals surface area contributed by atoms with E-state index in [-0.39, 0.29) is 22.7 Å². The van der Waals surface area contributed by atoms with Crippen LogP contribution in [0.25, 0.3) is 0 Å². The zero-order chi connectivity index (χ0) is 15.8. The van der Waals surface area contributed by atoms with Gasteiger partial charge in [0.05, 0.1) is 12.5 Å². The number of hydrogen-bond acceptors (Lipinski definition) is 3. The number of fused-ring (bicyclic) bond motifs is 3. The Kier molecular flexibility index (Phi) is 4.02. The number of hydrogen-bond donors (Lipinski definition) is 1. The maximum atomic E-state index is 12.7. The van der Waals surface area contributed by atoms with Crippen molar-refractivity contribution in [3.05, 3.63) is 28.7 Å². The molecular weight excluding hydrogens is 346 g/mol. The van der Waals surface area contributed by atoms with E-state index in [0.29, 0.717) is 0 Å². The lowest BCUT2D eigenvalue weighted by molar-refractivity contribution is -0.165. The van der Waals surface area contributed by atoms with Gasteiger partial charge in [-0.3, -0.25) is 9.59 Å². The maximum absolute atomic E-state index is 12.7. The first-order valence-corrected chi connectivity index (χ1v) is 8.45. The molecule has 4 rings (SSSR count). The summed E-state index contributed by atoms with van der Waals surface area (Å²) in [5, 5.41) is 3.04. The molecule has 22 heavy (non-hydrogen) atoms. The summed E-state index contributed by atoms with van der Waals surface area (Å²) < 4.78 is 5.95. The molecule has 0 aliphatic heterocycles. The van der Waals surface area contributed by atoms with Crippen LogP contribution in [0, 0.1) is 10.8 Å². The minimum absolute atomic E-state index is 0.0907. The molecular formula is C17H20BrNO3. The van der Waals surface area contributed by atoms with E-state index in [4.69, 9.17) is 4.74 Å². The number of rotatable bonds is 3. The smallest absolute Gasteiger partial charge is 0.311 e. The monoisotopic (exact) mass is 365 g/mol. The van der Waals surface area contributed by atoms with Crippen LogP contribution in [0.3, 0.4) is 0 Å². The third-order valence-electron chi connectivity index (χ3n) is 5.45. The molecule has 0 radical (unpaired) electrons. The fraction of sp³-hybridized carbons (Fsp3) is 0.529. The summed E-state index contributed by atoms with van der Waals surface area (Å²) in [6.45, 7) is 0. The second kappa shape index (κ2) is 5.69. The number of amides is 1. The van der Waals surface area contributed by atoms with Gasteiger partial charge in [0.1, 0.15) is 0 Å². The molecule has 2 bridgehead atoms. The number of halogens is 1. The molecule has 0 unspecified atom stereocenters. The predicted molar refractivity (Wildman–Crippen MR) is 87.4 cm³/mol. The van der Waals surface area contributed by atoms with E-state index in [2.05, 4.69) is 21.2 Å². The fourth-order valence-corrected chi connectivity index (χ4v) is 4.11. The van der Waals surface area contributed by atoms with Gasteiger partial charge in [-0.15, -0.1) is 0 Å². The van der Waals surface area contributed by atoms with Gasteiger partial charge >= 0.3 is 5.97 Å². The summed E-state index contributed by atoms with van der Waals surface area (Å²) in [7, 11) is 1.45. The lowest BCUT2D eigenvalue weighted by Crippen LogP contribution is -2.51. The first-order valence-electron chi connectivity index (χ1n) is 7.65. The van der Waals surface area contributed by atoms with Crippen molar-refractivity contribution in [3.8, 4) is 0 Å². The highest BCUT2D eigenvalue weighted by Gasteiger charge is 2.55. The second-order valence-corrected chi connectivity index (χ2v) is 7.43. The highest BCUT2D eigenvalue weighted by molar-refractivity contribution is 9.10. The van der Waals surface area contributed by atoms with E-state index in [9.17, 15) is 9.59 Å². The van der Waals surface area contributed by atoms with Crippen LogP contribution in [0.15, 0.2) is 28.7 Å². The fourth-order valence-electron chi connectivity index (χ4n) is 3.85. The van der Waals surface area contributed by atoms with Gasteiger partial charge in [0.25, 0.3) is 0 Å². The summed E-state index contributed by atoms with van der Waals surface area (Å²) in [6.07, 6.45) is 4.58. The minimum atomic E-state index is -0.339. The molecule has 3 aliphatic rings. The number of benzene rings is 1. The molecule has 5 heteroatoms. The average molecular weight is 366 g/mol. The first-order chi connectivity index (χ1) is 10.5. The lowest BCUT2D eigenvalue weighted by Gasteiger charge is -2.50. The van der Waals surface area contributed by atoms with Crippen LogP contribution in [0.1, 0.15) is 38.5 Å². The van der Waals surface area contributed by atoms with E-state index in [1.807, 2.05) is 24.3 Å². The molecule has 0 atom stereocenters. The van der Waals surface area contributed by atoms with Gasteiger partial charge in [-0.1, -0.05) is 15.9 Å². The zero-order valence-corrected chi connectivity index (χ0v) is 14.2. The Bertz CT molecular complexity index is 572. The minimum Gasteiger partial charge on any atom is -0.469 e. The predicted octanol–water partition coefficient (Wildman–Crippen LogP) is 3.90. The van der Waals surface area contributed by atoms with Crippen molar-refractivity contribution in [2.75, 3.05) is 12.4 Å². The summed E-state index contributed by atoms with van der Waals surface area (Å²) >= 11 is 3.39. The Morgan fingerprint density at radius 1 is 1.00 bits per heavy atom. The molecule has 118 valence electrons. The average Bonchev–Trinajstić information content (AvgIpc) is 2.57. The Morgan fingerprint density at radius 3 is 2.00 bits per heavy atom. The van der Waals surface area contributed by atoms with Crippen molar-refractivity contribution < 1.29 is 14.3 Å². The molecule has 1 aromatic carbocycles. The standard InChI is InChI=1S/C17H20BrNO3/c1-22-15(21)17-9-6-16(7-10-17,8-11-17)14(20)19-13-4-2-12(18)3-5-13/h2-5H,6-11H2,1H3,(H,19,20). The van der Waals surface area contributed by atoms with Gasteiger partial charge < -0.3 is 10.1 Å². The SMILES string of the molecule is COC(=O)C12CCC(C(=O)Nc3ccc(Br)cc3)(CC1)CC2. The Balaban J connectivity index is 1.70. The molecule has 1 amide bonds. The van der Waals surface area contributed by atoms with Crippen LogP contribution in [0.2, 0.25) is 0 Å². The number of carbonyl (C=O) groups excluding carboxylic acids is 2. The third-order valence-corrected chi connectivity index (χ3v) is 5.98. The zero-order valence-electron chi connectivity index (χ0n) is 12.7. The summed E-state index contributed by atoms with van der Waals surface area (Å²) in [5.41, 5.74) is 0.162. The summed E-state index contributed by atoms with van der Waals surface area (Å²) in [6, 6.07) is 7.61. The van der Waals surface area contributed by atoms with Crippen LogP contribution in [-0.2, 0) is 14.3 Å². The van der Waals surface area contributed by atoms with Gasteiger partial charge in [0, 0.05) is 15.6 Å². The first kappa shape index (κ1) is 15.5. The number of carbonyl (C=O) groups is 2. The van der Waals surface area contributed by atoms with Crippen molar-refractivity contribution in [3.63, 3.8) is 0 Å². The molecule has 0 aromatic heterocycles. The lowest BCUT2D eigenvalue weighted by atomic mass is 9.53. The normalized spacial score (nSPS) is 29.9. The topological polar surface area (TPSA) is 55.4 Å².